The molecule has 19 heavy (non-hydrogen) atoms. The van der Waals surface area contributed by atoms with Crippen molar-refractivity contribution in [2.75, 3.05) is 6.61 Å². The first-order chi connectivity index (χ1) is 8.81. The van der Waals surface area contributed by atoms with Crippen LogP contribution < -0.4 is 0 Å². The Kier molecular flexibility index (Phi) is 5.17. The van der Waals surface area contributed by atoms with Crippen molar-refractivity contribution in [2.45, 2.75) is 19.5 Å². The third kappa shape index (κ3) is 3.83. The summed E-state index contributed by atoms with van der Waals surface area (Å²) in [6.45, 7) is 1.83. The Labute approximate surface area is 121 Å². The van der Waals surface area contributed by atoms with Crippen LogP contribution in [0.4, 0.5) is 13.2 Å². The molecule has 0 N–H and O–H groups in total. The summed E-state index contributed by atoms with van der Waals surface area (Å²) in [6, 6.07) is 3.55. The van der Waals surface area contributed by atoms with E-state index < -0.39 is 23.3 Å². The molecule has 0 unspecified atom stereocenters. The summed E-state index contributed by atoms with van der Waals surface area (Å²) in [6.07, 6.45) is -4.74. The Morgan fingerprint density at radius 3 is 2.58 bits per heavy atom. The second-order valence-electron chi connectivity index (χ2n) is 3.55. The zero-order valence-corrected chi connectivity index (χ0v) is 12.0. The molecule has 0 saturated heterocycles. The van der Waals surface area contributed by atoms with E-state index >= 15 is 0 Å². The largest absolute Gasteiger partial charge is 0.466 e. The summed E-state index contributed by atoms with van der Waals surface area (Å²) in [4.78, 5) is 11.3. The van der Waals surface area contributed by atoms with Gasteiger partial charge in [0.25, 0.3) is 0 Å². The number of carbonyl (C=O) groups excluding carboxylic acids is 1. The van der Waals surface area contributed by atoms with Crippen molar-refractivity contribution < 1.29 is 22.7 Å². The maximum Gasteiger partial charge on any atom is 0.417 e. The first-order valence-electron chi connectivity index (χ1n) is 5.25. The van der Waals surface area contributed by atoms with E-state index in [1.165, 1.54) is 12.1 Å². The summed E-state index contributed by atoms with van der Waals surface area (Å²) >= 11 is 1.64. The number of hydrogen-bond acceptors (Lipinski definition) is 3. The van der Waals surface area contributed by atoms with Gasteiger partial charge in [0.1, 0.15) is 6.07 Å². The highest BCUT2D eigenvalue weighted by atomic mass is 127. The average molecular weight is 383 g/mol. The number of ether oxygens (including phenoxy) is 1. The fourth-order valence-corrected chi connectivity index (χ4v) is 2.25. The molecule has 1 aromatic carbocycles. The standard InChI is InChI=1S/C12H9F3INO2/c1-2-19-10(18)5-7-3-4-9(12(13,14)15)8(6-17)11(7)16/h3-4H,2,5H2,1H3. The van der Waals surface area contributed by atoms with Gasteiger partial charge in [-0.1, -0.05) is 6.07 Å². The van der Waals surface area contributed by atoms with E-state index in [0.717, 1.165) is 6.07 Å². The van der Waals surface area contributed by atoms with Gasteiger partial charge in [0, 0.05) is 3.57 Å². The van der Waals surface area contributed by atoms with Crippen LogP contribution >= 0.6 is 22.6 Å². The van der Waals surface area contributed by atoms with Gasteiger partial charge in [0.15, 0.2) is 0 Å². The van der Waals surface area contributed by atoms with Crippen LogP contribution in [0.15, 0.2) is 12.1 Å². The van der Waals surface area contributed by atoms with Gasteiger partial charge in [-0.3, -0.25) is 4.79 Å². The van der Waals surface area contributed by atoms with E-state index in [1.54, 1.807) is 29.5 Å². The molecule has 0 aliphatic rings. The fraction of sp³-hybridized carbons (Fsp3) is 0.333. The van der Waals surface area contributed by atoms with Crippen LogP contribution in [-0.2, 0) is 22.1 Å². The van der Waals surface area contributed by atoms with E-state index in [-0.39, 0.29) is 16.6 Å². The molecule has 0 bridgehead atoms. The molecular formula is C12H9F3INO2. The zero-order chi connectivity index (χ0) is 14.6. The van der Waals surface area contributed by atoms with Gasteiger partial charge in [-0.05, 0) is 41.1 Å². The van der Waals surface area contributed by atoms with Gasteiger partial charge in [-0.2, -0.15) is 18.4 Å². The van der Waals surface area contributed by atoms with Crippen molar-refractivity contribution in [3.05, 3.63) is 32.4 Å². The predicted octanol–water partition coefficient (Wildman–Crippen LogP) is 3.29. The third-order valence-corrected chi connectivity index (χ3v) is 3.51. The highest BCUT2D eigenvalue weighted by Gasteiger charge is 2.35. The van der Waals surface area contributed by atoms with Crippen LogP contribution in [0.25, 0.3) is 0 Å². The Morgan fingerprint density at radius 1 is 1.47 bits per heavy atom. The Balaban J connectivity index is 3.20. The monoisotopic (exact) mass is 383 g/mol. The molecule has 0 fully saturated rings. The third-order valence-electron chi connectivity index (χ3n) is 2.28. The maximum atomic E-state index is 12.7. The van der Waals surface area contributed by atoms with E-state index in [9.17, 15) is 18.0 Å². The van der Waals surface area contributed by atoms with Gasteiger partial charge >= 0.3 is 12.1 Å². The number of alkyl halides is 3. The molecule has 0 aromatic heterocycles. The van der Waals surface area contributed by atoms with Gasteiger partial charge in [0.05, 0.1) is 24.2 Å². The predicted molar refractivity (Wildman–Crippen MR) is 69.2 cm³/mol. The lowest BCUT2D eigenvalue weighted by molar-refractivity contribution is -0.142. The van der Waals surface area contributed by atoms with Crippen molar-refractivity contribution in [3.63, 3.8) is 0 Å². The number of benzene rings is 1. The van der Waals surface area contributed by atoms with E-state index in [1.807, 2.05) is 0 Å². The minimum Gasteiger partial charge on any atom is -0.466 e. The Bertz CT molecular complexity index is 535. The van der Waals surface area contributed by atoms with Gasteiger partial charge in [-0.15, -0.1) is 0 Å². The SMILES string of the molecule is CCOC(=O)Cc1ccc(C(F)(F)F)c(C#N)c1I. The van der Waals surface area contributed by atoms with Gasteiger partial charge < -0.3 is 4.74 Å². The average Bonchev–Trinajstić information content (AvgIpc) is 2.30. The highest BCUT2D eigenvalue weighted by molar-refractivity contribution is 14.1. The quantitative estimate of drug-likeness (QED) is 0.595. The molecule has 0 heterocycles. The molecule has 102 valence electrons. The normalized spacial score (nSPS) is 10.9. The van der Waals surface area contributed by atoms with Crippen LogP contribution in [-0.4, -0.2) is 12.6 Å². The van der Waals surface area contributed by atoms with Crippen LogP contribution in [0.1, 0.15) is 23.6 Å². The lowest BCUT2D eigenvalue weighted by Crippen LogP contribution is -2.13. The van der Waals surface area contributed by atoms with Crippen LogP contribution in [0.2, 0.25) is 0 Å². The van der Waals surface area contributed by atoms with Gasteiger partial charge in [0.2, 0.25) is 0 Å². The number of nitrogens with zero attached hydrogens (tertiary/aromatic N) is 1. The molecule has 0 saturated carbocycles. The number of nitriles is 1. The van der Waals surface area contributed by atoms with Crippen molar-refractivity contribution in [1.82, 2.24) is 0 Å². The topological polar surface area (TPSA) is 50.1 Å². The molecule has 0 aliphatic carbocycles. The second kappa shape index (κ2) is 6.23. The summed E-state index contributed by atoms with van der Waals surface area (Å²) in [5.41, 5.74) is -1.11. The number of hydrogen-bond donors (Lipinski definition) is 0. The minimum absolute atomic E-state index is 0.128. The fourth-order valence-electron chi connectivity index (χ4n) is 1.47. The number of carbonyl (C=O) groups is 1. The zero-order valence-electron chi connectivity index (χ0n) is 9.84. The first-order valence-corrected chi connectivity index (χ1v) is 6.33. The maximum absolute atomic E-state index is 12.7. The number of rotatable bonds is 3. The van der Waals surface area contributed by atoms with E-state index in [4.69, 9.17) is 10.00 Å². The number of esters is 1. The van der Waals surface area contributed by atoms with Crippen molar-refractivity contribution >= 4 is 28.6 Å². The minimum atomic E-state index is -4.59. The molecule has 1 rings (SSSR count). The van der Waals surface area contributed by atoms with Crippen molar-refractivity contribution in [1.29, 1.82) is 5.26 Å². The smallest absolute Gasteiger partial charge is 0.417 e. The van der Waals surface area contributed by atoms with Crippen molar-refractivity contribution in [2.24, 2.45) is 0 Å². The Hall–Kier alpha value is -1.30. The molecule has 7 heteroatoms. The van der Waals surface area contributed by atoms with Crippen LogP contribution in [0.3, 0.4) is 0 Å². The van der Waals surface area contributed by atoms with E-state index in [0.29, 0.717) is 5.56 Å². The number of halogens is 4. The molecule has 0 amide bonds. The van der Waals surface area contributed by atoms with Gasteiger partial charge in [-0.25, -0.2) is 0 Å². The molecule has 0 spiro atoms. The van der Waals surface area contributed by atoms with Crippen LogP contribution in [0, 0.1) is 14.9 Å². The summed E-state index contributed by atoms with van der Waals surface area (Å²) in [5, 5.41) is 8.85. The summed E-state index contributed by atoms with van der Waals surface area (Å²) in [7, 11) is 0. The second-order valence-corrected chi connectivity index (χ2v) is 4.63. The highest BCUT2D eigenvalue weighted by Crippen LogP contribution is 2.34. The molecule has 3 nitrogen and oxygen atoms in total. The lowest BCUT2D eigenvalue weighted by atomic mass is 10.0. The summed E-state index contributed by atoms with van der Waals surface area (Å²) < 4.78 is 42.9. The molecule has 0 atom stereocenters. The van der Waals surface area contributed by atoms with Crippen LogP contribution in [0.5, 0.6) is 0 Å². The molecule has 0 radical (unpaired) electrons. The lowest BCUT2D eigenvalue weighted by Gasteiger charge is -2.12. The first kappa shape index (κ1) is 15.8. The molecular weight excluding hydrogens is 374 g/mol. The van der Waals surface area contributed by atoms with Crippen molar-refractivity contribution in [3.8, 4) is 6.07 Å². The van der Waals surface area contributed by atoms with E-state index in [2.05, 4.69) is 0 Å². The summed E-state index contributed by atoms with van der Waals surface area (Å²) in [5.74, 6) is -0.538. The molecule has 0 aliphatic heterocycles. The molecule has 1 aromatic rings. The Morgan fingerprint density at radius 2 is 2.11 bits per heavy atom.